The molecule has 0 radical (unpaired) electrons. The molecule has 0 N–H and O–H groups in total. The van der Waals surface area contributed by atoms with Crippen LogP contribution in [0, 0.1) is 6.92 Å². The SMILES string of the molecule is COC(=O)CCCN(C)C(=O)c1sc(COc2ccc(Cl)cc2)nc1C. The lowest BCUT2D eigenvalue weighted by molar-refractivity contribution is -0.140. The maximum Gasteiger partial charge on any atom is 0.305 e. The van der Waals surface area contributed by atoms with Crippen LogP contribution >= 0.6 is 22.9 Å². The predicted octanol–water partition coefficient (Wildman–Crippen LogP) is 3.71. The highest BCUT2D eigenvalue weighted by molar-refractivity contribution is 7.13. The minimum atomic E-state index is -0.276. The van der Waals surface area contributed by atoms with E-state index in [9.17, 15) is 9.59 Å². The van der Waals surface area contributed by atoms with Crippen molar-refractivity contribution in [1.82, 2.24) is 9.88 Å². The predicted molar refractivity (Wildman–Crippen MR) is 101 cm³/mol. The number of benzene rings is 1. The Bertz CT molecular complexity index is 761. The summed E-state index contributed by atoms with van der Waals surface area (Å²) in [5.41, 5.74) is 0.675. The zero-order valence-corrected chi connectivity index (χ0v) is 16.5. The minimum absolute atomic E-state index is 0.109. The fraction of sp³-hybridized carbons (Fsp3) is 0.389. The number of amides is 1. The zero-order chi connectivity index (χ0) is 19.1. The second-order valence-electron chi connectivity index (χ2n) is 5.67. The smallest absolute Gasteiger partial charge is 0.305 e. The van der Waals surface area contributed by atoms with Crippen molar-refractivity contribution in [1.29, 1.82) is 0 Å². The van der Waals surface area contributed by atoms with E-state index in [4.69, 9.17) is 16.3 Å². The highest BCUT2D eigenvalue weighted by Crippen LogP contribution is 2.22. The molecule has 0 bridgehead atoms. The number of hydrogen-bond donors (Lipinski definition) is 0. The number of carbonyl (C=O) groups excluding carboxylic acids is 2. The van der Waals surface area contributed by atoms with Gasteiger partial charge in [0.1, 0.15) is 22.2 Å². The Morgan fingerprint density at radius 2 is 1.96 bits per heavy atom. The molecule has 2 aromatic rings. The molecule has 0 unspecified atom stereocenters. The van der Waals surface area contributed by atoms with Crippen LogP contribution < -0.4 is 4.74 Å². The highest BCUT2D eigenvalue weighted by atomic mass is 35.5. The van der Waals surface area contributed by atoms with E-state index in [1.165, 1.54) is 18.4 Å². The molecule has 1 amide bonds. The van der Waals surface area contributed by atoms with E-state index in [0.29, 0.717) is 34.3 Å². The van der Waals surface area contributed by atoms with Crippen molar-refractivity contribution in [2.24, 2.45) is 0 Å². The summed E-state index contributed by atoms with van der Waals surface area (Å²) in [5.74, 6) is 0.305. The summed E-state index contributed by atoms with van der Waals surface area (Å²) in [4.78, 5) is 30.3. The van der Waals surface area contributed by atoms with E-state index in [1.807, 2.05) is 0 Å². The largest absolute Gasteiger partial charge is 0.486 e. The van der Waals surface area contributed by atoms with Gasteiger partial charge >= 0.3 is 5.97 Å². The molecule has 0 spiro atoms. The normalized spacial score (nSPS) is 10.5. The highest BCUT2D eigenvalue weighted by Gasteiger charge is 2.19. The maximum atomic E-state index is 12.6. The third kappa shape index (κ3) is 5.71. The lowest BCUT2D eigenvalue weighted by atomic mass is 10.3. The molecule has 0 atom stereocenters. The number of thiazole rings is 1. The summed E-state index contributed by atoms with van der Waals surface area (Å²) in [6.07, 6.45) is 0.843. The van der Waals surface area contributed by atoms with Crippen LogP contribution in [0.2, 0.25) is 5.02 Å². The van der Waals surface area contributed by atoms with Gasteiger partial charge in [-0.2, -0.15) is 0 Å². The van der Waals surface area contributed by atoms with Gasteiger partial charge in [-0.15, -0.1) is 11.3 Å². The molecule has 1 heterocycles. The number of halogens is 1. The molecule has 0 saturated carbocycles. The molecule has 0 aliphatic carbocycles. The van der Waals surface area contributed by atoms with Gasteiger partial charge in [0, 0.05) is 25.0 Å². The van der Waals surface area contributed by atoms with Crippen molar-refractivity contribution in [2.75, 3.05) is 20.7 Å². The molecule has 140 valence electrons. The fourth-order valence-corrected chi connectivity index (χ4v) is 3.32. The van der Waals surface area contributed by atoms with Gasteiger partial charge in [0.15, 0.2) is 0 Å². The van der Waals surface area contributed by atoms with Gasteiger partial charge in [0.05, 0.1) is 12.8 Å². The molecule has 26 heavy (non-hydrogen) atoms. The van der Waals surface area contributed by atoms with Crippen LogP contribution in [-0.4, -0.2) is 42.5 Å². The Balaban J connectivity index is 1.92. The van der Waals surface area contributed by atoms with Crippen LogP contribution in [-0.2, 0) is 16.1 Å². The van der Waals surface area contributed by atoms with Crippen LogP contribution in [0.3, 0.4) is 0 Å². The van der Waals surface area contributed by atoms with E-state index in [0.717, 1.165) is 5.01 Å². The molecule has 1 aromatic carbocycles. The van der Waals surface area contributed by atoms with Gasteiger partial charge in [-0.25, -0.2) is 4.98 Å². The number of nitrogens with zero attached hydrogens (tertiary/aromatic N) is 2. The van der Waals surface area contributed by atoms with Crippen molar-refractivity contribution >= 4 is 34.8 Å². The molecular formula is C18H21ClN2O4S. The second kappa shape index (κ2) is 9.54. The molecule has 0 aliphatic heterocycles. The van der Waals surface area contributed by atoms with Crippen molar-refractivity contribution in [3.63, 3.8) is 0 Å². The van der Waals surface area contributed by atoms with Gasteiger partial charge < -0.3 is 14.4 Å². The fourth-order valence-electron chi connectivity index (χ4n) is 2.23. The van der Waals surface area contributed by atoms with Gasteiger partial charge in [-0.1, -0.05) is 11.6 Å². The van der Waals surface area contributed by atoms with Crippen LogP contribution in [0.25, 0.3) is 0 Å². The average Bonchev–Trinajstić information content (AvgIpc) is 3.01. The van der Waals surface area contributed by atoms with Gasteiger partial charge in [0.2, 0.25) is 0 Å². The molecule has 6 nitrogen and oxygen atoms in total. The number of aromatic nitrogens is 1. The zero-order valence-electron chi connectivity index (χ0n) is 15.0. The number of esters is 1. The number of carbonyl (C=O) groups is 2. The summed E-state index contributed by atoms with van der Waals surface area (Å²) in [6, 6.07) is 7.07. The summed E-state index contributed by atoms with van der Waals surface area (Å²) in [5, 5.41) is 1.37. The monoisotopic (exact) mass is 396 g/mol. The standard InChI is InChI=1S/C18H21ClN2O4S/c1-12-17(18(23)21(2)10-4-5-16(22)24-3)26-15(20-12)11-25-14-8-6-13(19)7-9-14/h6-9H,4-5,10-11H2,1-3H3. The minimum Gasteiger partial charge on any atom is -0.486 e. The van der Waals surface area contributed by atoms with E-state index >= 15 is 0 Å². The Morgan fingerprint density at radius 1 is 1.27 bits per heavy atom. The average molecular weight is 397 g/mol. The van der Waals surface area contributed by atoms with Gasteiger partial charge in [0.25, 0.3) is 5.91 Å². The van der Waals surface area contributed by atoms with Crippen LogP contribution in [0.4, 0.5) is 0 Å². The second-order valence-corrected chi connectivity index (χ2v) is 7.19. The van der Waals surface area contributed by atoms with Crippen molar-refractivity contribution < 1.29 is 19.1 Å². The summed E-state index contributed by atoms with van der Waals surface area (Å²) in [6.45, 7) is 2.56. The van der Waals surface area contributed by atoms with Crippen molar-refractivity contribution in [2.45, 2.75) is 26.4 Å². The molecule has 0 saturated heterocycles. The number of methoxy groups -OCH3 is 1. The summed E-state index contributed by atoms with van der Waals surface area (Å²) in [7, 11) is 3.06. The molecule has 2 rings (SSSR count). The lowest BCUT2D eigenvalue weighted by Gasteiger charge is -2.15. The third-order valence-corrected chi connectivity index (χ3v) is 5.03. The lowest BCUT2D eigenvalue weighted by Crippen LogP contribution is -2.28. The number of aryl methyl sites for hydroxylation is 1. The van der Waals surface area contributed by atoms with Crippen molar-refractivity contribution in [3.8, 4) is 5.75 Å². The van der Waals surface area contributed by atoms with Gasteiger partial charge in [-0.05, 0) is 37.6 Å². The van der Waals surface area contributed by atoms with Crippen LogP contribution in [0.5, 0.6) is 5.75 Å². The first-order valence-electron chi connectivity index (χ1n) is 8.07. The maximum absolute atomic E-state index is 12.6. The van der Waals surface area contributed by atoms with Crippen molar-refractivity contribution in [3.05, 3.63) is 44.9 Å². The van der Waals surface area contributed by atoms with E-state index in [1.54, 1.807) is 43.1 Å². The van der Waals surface area contributed by atoms with Crippen LogP contribution in [0.15, 0.2) is 24.3 Å². The van der Waals surface area contributed by atoms with E-state index in [-0.39, 0.29) is 24.9 Å². The Morgan fingerprint density at radius 3 is 2.62 bits per heavy atom. The van der Waals surface area contributed by atoms with E-state index < -0.39 is 0 Å². The number of hydrogen-bond acceptors (Lipinski definition) is 6. The summed E-state index contributed by atoms with van der Waals surface area (Å²) >= 11 is 7.16. The molecule has 8 heteroatoms. The number of rotatable bonds is 8. The molecule has 0 fully saturated rings. The first-order valence-corrected chi connectivity index (χ1v) is 9.27. The van der Waals surface area contributed by atoms with Gasteiger partial charge in [-0.3, -0.25) is 9.59 Å². The topological polar surface area (TPSA) is 68.7 Å². The quantitative estimate of drug-likeness (QED) is 0.636. The molecule has 1 aromatic heterocycles. The Kier molecular flexibility index (Phi) is 7.41. The Labute approximate surface area is 161 Å². The number of ether oxygens (including phenoxy) is 2. The van der Waals surface area contributed by atoms with Crippen LogP contribution in [0.1, 0.15) is 33.2 Å². The van der Waals surface area contributed by atoms with E-state index in [2.05, 4.69) is 9.72 Å². The molecule has 0 aliphatic rings. The first-order chi connectivity index (χ1) is 12.4. The third-order valence-electron chi connectivity index (χ3n) is 3.66. The first kappa shape index (κ1) is 20.2. The Hall–Kier alpha value is -2.12. The summed E-state index contributed by atoms with van der Waals surface area (Å²) < 4.78 is 10.3. The molecular weight excluding hydrogens is 376 g/mol.